The lowest BCUT2D eigenvalue weighted by Crippen LogP contribution is -2.34. The Balaban J connectivity index is 2.38. The Bertz CT molecular complexity index is 1000. The van der Waals surface area contributed by atoms with E-state index in [2.05, 4.69) is 10.6 Å². The number of alkyl halides is 6. The molecule has 0 spiro atoms. The Hall–Kier alpha value is -2.75. The van der Waals surface area contributed by atoms with Gasteiger partial charge in [-0.15, -0.1) is 0 Å². The maximum absolute atomic E-state index is 13.0. The Kier molecular flexibility index (Phi) is 7.49. The van der Waals surface area contributed by atoms with E-state index in [1.807, 2.05) is 0 Å². The van der Waals surface area contributed by atoms with Crippen LogP contribution in [0.5, 0.6) is 0 Å². The van der Waals surface area contributed by atoms with Crippen molar-refractivity contribution in [2.45, 2.75) is 45.1 Å². The molecular weight excluding hydrogens is 462 g/mol. The summed E-state index contributed by atoms with van der Waals surface area (Å²) in [5, 5.41) is 5.01. The van der Waals surface area contributed by atoms with E-state index in [1.165, 1.54) is 25.1 Å². The van der Waals surface area contributed by atoms with Crippen molar-refractivity contribution in [2.24, 2.45) is 0 Å². The van der Waals surface area contributed by atoms with Gasteiger partial charge in [-0.3, -0.25) is 9.59 Å². The zero-order valence-corrected chi connectivity index (χ0v) is 17.8. The third-order valence-corrected chi connectivity index (χ3v) is 4.71. The number of hydrogen-bond donors (Lipinski definition) is 2. The third kappa shape index (κ3) is 5.93. The Morgan fingerprint density at radius 1 is 0.938 bits per heavy atom. The van der Waals surface area contributed by atoms with E-state index in [9.17, 15) is 35.9 Å². The van der Waals surface area contributed by atoms with Crippen LogP contribution in [-0.2, 0) is 0 Å². The van der Waals surface area contributed by atoms with Crippen LogP contribution in [0.1, 0.15) is 51.6 Å². The number of carbonyl (C=O) groups excluding carboxylic acids is 2. The molecule has 0 aliphatic carbocycles. The average Bonchev–Trinajstić information content (AvgIpc) is 2.60. The molecule has 2 amide bonds. The monoisotopic (exact) mass is 480 g/mol. The summed E-state index contributed by atoms with van der Waals surface area (Å²) in [4.78, 5) is 25.2. The van der Waals surface area contributed by atoms with Crippen LogP contribution in [0.15, 0.2) is 36.4 Å². The molecule has 0 aliphatic rings. The fourth-order valence-corrected chi connectivity index (χ4v) is 3.30. The van der Waals surface area contributed by atoms with Crippen LogP contribution in [0.3, 0.4) is 0 Å². The molecule has 2 aromatic rings. The van der Waals surface area contributed by atoms with Crippen molar-refractivity contribution in [1.29, 1.82) is 0 Å². The molecule has 0 radical (unpaired) electrons. The highest BCUT2D eigenvalue weighted by Crippen LogP contribution is 2.46. The highest BCUT2D eigenvalue weighted by Gasteiger charge is 2.57. The van der Waals surface area contributed by atoms with Gasteiger partial charge in [-0.05, 0) is 50.1 Å². The van der Waals surface area contributed by atoms with Crippen LogP contribution >= 0.6 is 11.6 Å². The van der Waals surface area contributed by atoms with Crippen LogP contribution in [-0.4, -0.2) is 30.2 Å². The molecule has 174 valence electrons. The molecule has 4 nitrogen and oxygen atoms in total. The molecule has 0 bridgehead atoms. The summed E-state index contributed by atoms with van der Waals surface area (Å²) >= 11 is 6.07. The molecular formula is C21H19ClF6N2O2. The van der Waals surface area contributed by atoms with Crippen LogP contribution in [0, 0.1) is 6.92 Å². The first-order chi connectivity index (χ1) is 14.6. The van der Waals surface area contributed by atoms with E-state index in [-0.39, 0.29) is 33.4 Å². The highest BCUT2D eigenvalue weighted by atomic mass is 35.5. The van der Waals surface area contributed by atoms with Crippen molar-refractivity contribution in [2.75, 3.05) is 5.32 Å². The van der Waals surface area contributed by atoms with Crippen LogP contribution in [0.4, 0.5) is 32.0 Å². The first-order valence-corrected chi connectivity index (χ1v) is 9.65. The lowest BCUT2D eigenvalue weighted by atomic mass is 9.95. The SMILES string of the molecule is Cc1cc(C(C(F)(F)F)C(F)(F)F)ccc1NC(=O)c1cccc(Cl)c1C(=O)NC(C)C. The minimum Gasteiger partial charge on any atom is -0.350 e. The smallest absolute Gasteiger partial charge is 0.350 e. The summed E-state index contributed by atoms with van der Waals surface area (Å²) in [5.41, 5.74) is -1.26. The summed E-state index contributed by atoms with van der Waals surface area (Å²) in [6, 6.07) is 6.22. The summed E-state index contributed by atoms with van der Waals surface area (Å²) in [6.07, 6.45) is -11.1. The Morgan fingerprint density at radius 2 is 1.53 bits per heavy atom. The number of benzene rings is 2. The highest BCUT2D eigenvalue weighted by molar-refractivity contribution is 6.35. The number of anilines is 1. The predicted octanol–water partition coefficient (Wildman–Crippen LogP) is 6.25. The van der Waals surface area contributed by atoms with Crippen molar-refractivity contribution >= 4 is 29.1 Å². The normalized spacial score (nSPS) is 12.2. The standard InChI is InChI=1S/C21H19ClF6N2O2/c1-10(2)29-19(32)16-13(5-4-6-14(16)22)18(31)30-15-8-7-12(9-11(15)3)17(20(23,24)25)21(26,27)28/h4-10,17H,1-3H3,(H,29,32)(H,30,31). The predicted molar refractivity (Wildman–Crippen MR) is 108 cm³/mol. The van der Waals surface area contributed by atoms with E-state index in [4.69, 9.17) is 11.6 Å². The number of rotatable bonds is 5. The second kappa shape index (κ2) is 9.40. The van der Waals surface area contributed by atoms with Gasteiger partial charge in [-0.25, -0.2) is 0 Å². The van der Waals surface area contributed by atoms with Gasteiger partial charge >= 0.3 is 12.4 Å². The third-order valence-electron chi connectivity index (χ3n) is 4.39. The van der Waals surface area contributed by atoms with Gasteiger partial charge in [0.1, 0.15) is 0 Å². The molecule has 2 rings (SSSR count). The van der Waals surface area contributed by atoms with Crippen molar-refractivity contribution in [3.63, 3.8) is 0 Å². The van der Waals surface area contributed by atoms with Crippen LogP contribution in [0.25, 0.3) is 0 Å². The summed E-state index contributed by atoms with van der Waals surface area (Å²) in [5.74, 6) is -5.07. The molecule has 2 aromatic carbocycles. The lowest BCUT2D eigenvalue weighted by molar-refractivity contribution is -0.253. The van der Waals surface area contributed by atoms with Gasteiger partial charge in [0.2, 0.25) is 0 Å². The molecule has 0 unspecified atom stereocenters. The fraction of sp³-hybridized carbons (Fsp3) is 0.333. The van der Waals surface area contributed by atoms with Gasteiger partial charge in [0, 0.05) is 11.7 Å². The van der Waals surface area contributed by atoms with E-state index < -0.39 is 35.6 Å². The summed E-state index contributed by atoms with van der Waals surface area (Å²) < 4.78 is 77.8. The number of amides is 2. The molecule has 0 heterocycles. The second-order valence-corrected chi connectivity index (χ2v) is 7.74. The molecule has 11 heteroatoms. The van der Waals surface area contributed by atoms with Crippen molar-refractivity contribution in [1.82, 2.24) is 5.32 Å². The zero-order valence-electron chi connectivity index (χ0n) is 17.1. The van der Waals surface area contributed by atoms with Crippen molar-refractivity contribution in [3.05, 3.63) is 63.7 Å². The largest absolute Gasteiger partial charge is 0.404 e. The van der Waals surface area contributed by atoms with Gasteiger partial charge < -0.3 is 10.6 Å². The Labute approximate surface area is 184 Å². The van der Waals surface area contributed by atoms with Gasteiger partial charge in [-0.1, -0.05) is 29.8 Å². The van der Waals surface area contributed by atoms with Crippen molar-refractivity contribution in [3.8, 4) is 0 Å². The van der Waals surface area contributed by atoms with Gasteiger partial charge in [0.15, 0.2) is 5.92 Å². The molecule has 32 heavy (non-hydrogen) atoms. The second-order valence-electron chi connectivity index (χ2n) is 7.34. The van der Waals surface area contributed by atoms with E-state index in [0.717, 1.165) is 6.07 Å². The minimum absolute atomic E-state index is 0.000987. The number of halogens is 7. The summed E-state index contributed by atoms with van der Waals surface area (Å²) in [6.45, 7) is 4.66. The fourth-order valence-electron chi connectivity index (χ4n) is 3.04. The number of carbonyl (C=O) groups is 2. The van der Waals surface area contributed by atoms with Gasteiger partial charge in [0.25, 0.3) is 11.8 Å². The number of nitrogens with one attached hydrogen (secondary N) is 2. The molecule has 0 fully saturated rings. The average molecular weight is 481 g/mol. The van der Waals surface area contributed by atoms with Crippen LogP contribution < -0.4 is 10.6 Å². The quantitative estimate of drug-likeness (QED) is 0.497. The summed E-state index contributed by atoms with van der Waals surface area (Å²) in [7, 11) is 0. The Morgan fingerprint density at radius 3 is 2.03 bits per heavy atom. The first kappa shape index (κ1) is 25.5. The van der Waals surface area contributed by atoms with Gasteiger partial charge in [0.05, 0.1) is 16.1 Å². The first-order valence-electron chi connectivity index (χ1n) is 9.27. The molecule has 0 atom stereocenters. The zero-order chi connectivity index (χ0) is 24.4. The lowest BCUT2D eigenvalue weighted by Gasteiger charge is -2.24. The number of hydrogen-bond acceptors (Lipinski definition) is 2. The maximum Gasteiger partial charge on any atom is 0.404 e. The molecule has 0 aromatic heterocycles. The minimum atomic E-state index is -5.53. The molecule has 0 aliphatic heterocycles. The van der Waals surface area contributed by atoms with Gasteiger partial charge in [-0.2, -0.15) is 26.3 Å². The van der Waals surface area contributed by atoms with Crippen molar-refractivity contribution < 1.29 is 35.9 Å². The van der Waals surface area contributed by atoms with E-state index in [0.29, 0.717) is 12.1 Å². The number of aryl methyl sites for hydroxylation is 1. The topological polar surface area (TPSA) is 58.2 Å². The molecule has 0 saturated heterocycles. The molecule has 0 saturated carbocycles. The molecule has 2 N–H and O–H groups in total. The maximum atomic E-state index is 13.0. The van der Waals surface area contributed by atoms with Crippen LogP contribution in [0.2, 0.25) is 5.02 Å². The van der Waals surface area contributed by atoms with E-state index in [1.54, 1.807) is 13.8 Å². The van der Waals surface area contributed by atoms with E-state index >= 15 is 0 Å².